The average Bonchev–Trinajstić information content (AvgIpc) is 2.60. The SMILES string of the molecule is CC(C)(Cc1ccccc1)NC(=O)C1CN(S(C)(=O)=O)c2ccccc2O1. The molecule has 0 fully saturated rings. The van der Waals surface area contributed by atoms with Crippen LogP contribution >= 0.6 is 0 Å². The molecule has 1 aliphatic heterocycles. The minimum Gasteiger partial charge on any atom is -0.476 e. The number of para-hydroxylation sites is 2. The molecule has 1 atom stereocenters. The smallest absolute Gasteiger partial charge is 0.263 e. The number of sulfonamides is 1. The minimum absolute atomic E-state index is 0.0525. The van der Waals surface area contributed by atoms with E-state index in [0.29, 0.717) is 17.9 Å². The molecular weight excluding hydrogens is 364 g/mol. The van der Waals surface area contributed by atoms with Crippen LogP contribution in [0.1, 0.15) is 19.4 Å². The number of nitrogens with zero attached hydrogens (tertiary/aromatic N) is 1. The lowest BCUT2D eigenvalue weighted by atomic mass is 9.94. The number of hydrogen-bond acceptors (Lipinski definition) is 4. The number of hydrogen-bond donors (Lipinski definition) is 1. The fourth-order valence-electron chi connectivity index (χ4n) is 3.22. The number of ether oxygens (including phenoxy) is 1. The van der Waals surface area contributed by atoms with Gasteiger partial charge in [0.1, 0.15) is 5.75 Å². The van der Waals surface area contributed by atoms with E-state index in [2.05, 4.69) is 5.32 Å². The summed E-state index contributed by atoms with van der Waals surface area (Å²) < 4.78 is 31.4. The van der Waals surface area contributed by atoms with E-state index < -0.39 is 21.7 Å². The number of benzene rings is 2. The van der Waals surface area contributed by atoms with E-state index >= 15 is 0 Å². The van der Waals surface area contributed by atoms with Crippen LogP contribution in [0.3, 0.4) is 0 Å². The maximum atomic E-state index is 12.8. The highest BCUT2D eigenvalue weighted by Crippen LogP contribution is 2.34. The maximum absolute atomic E-state index is 12.8. The molecule has 0 spiro atoms. The molecule has 1 heterocycles. The van der Waals surface area contributed by atoms with Crippen molar-refractivity contribution in [3.63, 3.8) is 0 Å². The standard InChI is InChI=1S/C20H24N2O4S/c1-20(2,13-15-9-5-4-6-10-15)21-19(23)18-14-22(27(3,24)25)16-11-7-8-12-17(16)26-18/h4-12,18H,13-14H2,1-3H3,(H,21,23). The molecule has 0 aromatic heterocycles. The molecular formula is C20H24N2O4S. The summed E-state index contributed by atoms with van der Waals surface area (Å²) in [4.78, 5) is 12.8. The second-order valence-corrected chi connectivity index (χ2v) is 9.31. The Hall–Kier alpha value is -2.54. The van der Waals surface area contributed by atoms with Gasteiger partial charge in [0, 0.05) is 5.54 Å². The van der Waals surface area contributed by atoms with Gasteiger partial charge in [0.15, 0.2) is 6.10 Å². The molecule has 3 rings (SSSR count). The van der Waals surface area contributed by atoms with Crippen LogP contribution in [0.15, 0.2) is 54.6 Å². The fraction of sp³-hybridized carbons (Fsp3) is 0.350. The average molecular weight is 388 g/mol. The lowest BCUT2D eigenvalue weighted by Gasteiger charge is -2.36. The van der Waals surface area contributed by atoms with Crippen molar-refractivity contribution in [3.8, 4) is 5.75 Å². The normalized spacial score (nSPS) is 17.0. The first kappa shape index (κ1) is 19.2. The predicted octanol–water partition coefficient (Wildman–Crippen LogP) is 2.35. The van der Waals surface area contributed by atoms with Gasteiger partial charge in [-0.25, -0.2) is 8.42 Å². The number of fused-ring (bicyclic) bond motifs is 1. The Labute approximate surface area is 160 Å². The van der Waals surface area contributed by atoms with Crippen molar-refractivity contribution >= 4 is 21.6 Å². The Kier molecular flexibility index (Phi) is 5.15. The predicted molar refractivity (Wildman–Crippen MR) is 105 cm³/mol. The molecule has 0 aliphatic carbocycles. The Morgan fingerprint density at radius 1 is 1.15 bits per heavy atom. The van der Waals surface area contributed by atoms with E-state index in [1.807, 2.05) is 44.2 Å². The summed E-state index contributed by atoms with van der Waals surface area (Å²) in [5, 5.41) is 2.99. The number of nitrogens with one attached hydrogen (secondary N) is 1. The van der Waals surface area contributed by atoms with Gasteiger partial charge in [0.2, 0.25) is 10.0 Å². The molecule has 0 saturated heterocycles. The van der Waals surface area contributed by atoms with Crippen molar-refractivity contribution in [1.29, 1.82) is 0 Å². The van der Waals surface area contributed by atoms with Gasteiger partial charge >= 0.3 is 0 Å². The fourth-order valence-corrected chi connectivity index (χ4v) is 4.13. The first-order chi connectivity index (χ1) is 12.7. The monoisotopic (exact) mass is 388 g/mol. The van der Waals surface area contributed by atoms with Crippen LogP contribution in [0.2, 0.25) is 0 Å². The summed E-state index contributed by atoms with van der Waals surface area (Å²) in [5.41, 5.74) is 1.05. The summed E-state index contributed by atoms with van der Waals surface area (Å²) in [6.45, 7) is 3.81. The summed E-state index contributed by atoms with van der Waals surface area (Å²) >= 11 is 0. The van der Waals surface area contributed by atoms with Crippen molar-refractivity contribution in [2.75, 3.05) is 17.1 Å². The number of carbonyl (C=O) groups is 1. The Balaban J connectivity index is 1.77. The van der Waals surface area contributed by atoms with Crippen LogP contribution in [0.25, 0.3) is 0 Å². The van der Waals surface area contributed by atoms with Crippen LogP contribution < -0.4 is 14.4 Å². The second kappa shape index (κ2) is 7.23. The van der Waals surface area contributed by atoms with Gasteiger partial charge in [0.25, 0.3) is 5.91 Å². The molecule has 0 bridgehead atoms. The van der Waals surface area contributed by atoms with Crippen molar-refractivity contribution in [2.24, 2.45) is 0 Å². The van der Waals surface area contributed by atoms with Crippen LogP contribution in [0, 0.1) is 0 Å². The topological polar surface area (TPSA) is 75.7 Å². The third-order valence-electron chi connectivity index (χ3n) is 4.38. The van der Waals surface area contributed by atoms with Gasteiger partial charge in [-0.2, -0.15) is 0 Å². The van der Waals surface area contributed by atoms with Gasteiger partial charge in [-0.15, -0.1) is 0 Å². The molecule has 0 saturated carbocycles. The summed E-state index contributed by atoms with van der Waals surface area (Å²) in [5.74, 6) is 0.0503. The molecule has 144 valence electrons. The minimum atomic E-state index is -3.52. The van der Waals surface area contributed by atoms with Gasteiger partial charge in [0.05, 0.1) is 18.5 Å². The molecule has 1 aliphatic rings. The molecule has 27 heavy (non-hydrogen) atoms. The lowest BCUT2D eigenvalue weighted by molar-refractivity contribution is -0.129. The zero-order chi connectivity index (χ0) is 19.7. The maximum Gasteiger partial charge on any atom is 0.263 e. The summed E-state index contributed by atoms with van der Waals surface area (Å²) in [6, 6.07) is 16.7. The third kappa shape index (κ3) is 4.60. The molecule has 2 aromatic rings. The molecule has 1 amide bonds. The highest BCUT2D eigenvalue weighted by molar-refractivity contribution is 7.92. The first-order valence-electron chi connectivity index (χ1n) is 8.75. The lowest BCUT2D eigenvalue weighted by Crippen LogP contribution is -2.55. The molecule has 0 radical (unpaired) electrons. The van der Waals surface area contributed by atoms with Crippen molar-refractivity contribution < 1.29 is 17.9 Å². The summed E-state index contributed by atoms with van der Waals surface area (Å²) in [7, 11) is -3.52. The van der Waals surface area contributed by atoms with E-state index in [-0.39, 0.29) is 12.5 Å². The van der Waals surface area contributed by atoms with Gasteiger partial charge < -0.3 is 10.1 Å². The highest BCUT2D eigenvalue weighted by Gasteiger charge is 2.36. The van der Waals surface area contributed by atoms with Crippen LogP contribution in [0.5, 0.6) is 5.75 Å². The quantitative estimate of drug-likeness (QED) is 0.853. The van der Waals surface area contributed by atoms with Crippen LogP contribution in [-0.2, 0) is 21.2 Å². The Bertz CT molecular complexity index is 926. The van der Waals surface area contributed by atoms with Gasteiger partial charge in [-0.3, -0.25) is 9.10 Å². The van der Waals surface area contributed by atoms with Crippen LogP contribution in [0.4, 0.5) is 5.69 Å². The first-order valence-corrected chi connectivity index (χ1v) is 10.6. The number of anilines is 1. The molecule has 6 nitrogen and oxygen atoms in total. The molecule has 1 N–H and O–H groups in total. The van der Waals surface area contributed by atoms with Crippen molar-refractivity contribution in [2.45, 2.75) is 31.9 Å². The second-order valence-electron chi connectivity index (χ2n) is 7.40. The Morgan fingerprint density at radius 2 is 1.78 bits per heavy atom. The van der Waals surface area contributed by atoms with Crippen molar-refractivity contribution in [1.82, 2.24) is 5.32 Å². The van der Waals surface area contributed by atoms with Gasteiger partial charge in [-0.1, -0.05) is 42.5 Å². The van der Waals surface area contributed by atoms with Crippen LogP contribution in [-0.4, -0.2) is 38.8 Å². The Morgan fingerprint density at radius 3 is 2.44 bits per heavy atom. The van der Waals surface area contributed by atoms with E-state index in [4.69, 9.17) is 4.74 Å². The molecule has 1 unspecified atom stereocenters. The van der Waals surface area contributed by atoms with Crippen molar-refractivity contribution in [3.05, 3.63) is 60.2 Å². The largest absolute Gasteiger partial charge is 0.476 e. The van der Waals surface area contributed by atoms with Gasteiger partial charge in [-0.05, 0) is 38.0 Å². The third-order valence-corrected chi connectivity index (χ3v) is 5.52. The van der Waals surface area contributed by atoms with E-state index in [9.17, 15) is 13.2 Å². The zero-order valence-corrected chi connectivity index (χ0v) is 16.5. The molecule has 7 heteroatoms. The number of rotatable bonds is 5. The van der Waals surface area contributed by atoms with E-state index in [1.165, 1.54) is 4.31 Å². The molecule has 2 aromatic carbocycles. The number of amides is 1. The zero-order valence-electron chi connectivity index (χ0n) is 15.7. The highest BCUT2D eigenvalue weighted by atomic mass is 32.2. The number of carbonyl (C=O) groups excluding carboxylic acids is 1. The summed E-state index contributed by atoms with van der Waals surface area (Å²) in [6.07, 6.45) is 0.868. The van der Waals surface area contributed by atoms with E-state index in [1.54, 1.807) is 24.3 Å². The van der Waals surface area contributed by atoms with E-state index in [0.717, 1.165) is 11.8 Å².